The minimum atomic E-state index is -0.916. The van der Waals surface area contributed by atoms with Crippen molar-refractivity contribution in [2.45, 2.75) is 105 Å². The standard InChI is InChI=1S/C28H43N3O4/c1-12-19(5)22(29-26(34)35-28(9,10)11)25(33)31(18(3)4)23(24(32)30-27(6,7)8)21-16-14-20(13-2)15-17-21/h2,14-19,22-23H,12H2,1,3-11H3,(H,29,34)(H,30,32). The van der Waals surface area contributed by atoms with Crippen LogP contribution in [0.2, 0.25) is 0 Å². The molecule has 194 valence electrons. The highest BCUT2D eigenvalue weighted by atomic mass is 16.6. The molecule has 3 unspecified atom stereocenters. The van der Waals surface area contributed by atoms with Crippen molar-refractivity contribution >= 4 is 17.9 Å². The lowest BCUT2D eigenvalue weighted by Crippen LogP contribution is -2.58. The molecule has 0 aliphatic heterocycles. The Kier molecular flexibility index (Phi) is 10.4. The number of hydrogen-bond donors (Lipinski definition) is 2. The molecule has 0 heterocycles. The first-order valence-corrected chi connectivity index (χ1v) is 12.2. The van der Waals surface area contributed by atoms with Crippen molar-refractivity contribution in [1.29, 1.82) is 0 Å². The first kappa shape index (κ1) is 30.0. The van der Waals surface area contributed by atoms with Gasteiger partial charge in [0, 0.05) is 17.1 Å². The maximum absolute atomic E-state index is 14.0. The zero-order chi connectivity index (χ0) is 27.1. The van der Waals surface area contributed by atoms with Crippen LogP contribution < -0.4 is 10.6 Å². The van der Waals surface area contributed by atoms with Gasteiger partial charge in [-0.3, -0.25) is 9.59 Å². The van der Waals surface area contributed by atoms with Crippen LogP contribution in [0.15, 0.2) is 24.3 Å². The van der Waals surface area contributed by atoms with Crippen molar-refractivity contribution in [3.63, 3.8) is 0 Å². The van der Waals surface area contributed by atoms with Crippen LogP contribution in [0.1, 0.15) is 92.8 Å². The fraction of sp³-hybridized carbons (Fsp3) is 0.607. The number of terminal acetylenes is 1. The van der Waals surface area contributed by atoms with E-state index >= 15 is 0 Å². The number of nitrogens with zero attached hydrogens (tertiary/aromatic N) is 1. The highest BCUT2D eigenvalue weighted by Crippen LogP contribution is 2.27. The van der Waals surface area contributed by atoms with Crippen LogP contribution in [-0.4, -0.2) is 46.0 Å². The van der Waals surface area contributed by atoms with Crippen LogP contribution in [0.4, 0.5) is 4.79 Å². The van der Waals surface area contributed by atoms with Gasteiger partial charge in [0.15, 0.2) is 0 Å². The van der Waals surface area contributed by atoms with Crippen LogP contribution in [0.3, 0.4) is 0 Å². The molecule has 0 aliphatic carbocycles. The molecule has 0 spiro atoms. The van der Waals surface area contributed by atoms with Crippen molar-refractivity contribution in [2.24, 2.45) is 5.92 Å². The third kappa shape index (κ3) is 9.28. The molecule has 35 heavy (non-hydrogen) atoms. The second-order valence-corrected chi connectivity index (χ2v) is 11.3. The highest BCUT2D eigenvalue weighted by Gasteiger charge is 2.40. The number of rotatable bonds is 8. The molecule has 1 aromatic carbocycles. The van der Waals surface area contributed by atoms with Gasteiger partial charge in [0.1, 0.15) is 17.7 Å². The van der Waals surface area contributed by atoms with Crippen LogP contribution in [-0.2, 0) is 14.3 Å². The van der Waals surface area contributed by atoms with Crippen LogP contribution >= 0.6 is 0 Å². The van der Waals surface area contributed by atoms with Crippen molar-refractivity contribution in [2.75, 3.05) is 0 Å². The van der Waals surface area contributed by atoms with E-state index in [1.54, 1.807) is 49.9 Å². The Morgan fingerprint density at radius 1 is 1.03 bits per heavy atom. The van der Waals surface area contributed by atoms with Crippen LogP contribution in [0.25, 0.3) is 0 Å². The van der Waals surface area contributed by atoms with Crippen LogP contribution in [0, 0.1) is 18.3 Å². The smallest absolute Gasteiger partial charge is 0.408 e. The van der Waals surface area contributed by atoms with E-state index in [0.717, 1.165) is 0 Å². The summed E-state index contributed by atoms with van der Waals surface area (Å²) in [6.45, 7) is 18.5. The number of alkyl carbamates (subject to hydrolysis) is 1. The largest absolute Gasteiger partial charge is 0.444 e. The first-order chi connectivity index (χ1) is 16.0. The van der Waals surface area contributed by atoms with E-state index in [2.05, 4.69) is 16.6 Å². The van der Waals surface area contributed by atoms with Gasteiger partial charge in [-0.05, 0) is 79.0 Å². The van der Waals surface area contributed by atoms with Crippen LogP contribution in [0.5, 0.6) is 0 Å². The summed E-state index contributed by atoms with van der Waals surface area (Å²) in [5.41, 5.74) is 0.0897. The van der Waals surface area contributed by atoms with Gasteiger partial charge in [-0.2, -0.15) is 0 Å². The Balaban J connectivity index is 3.54. The number of amides is 3. The van der Waals surface area contributed by atoms with Gasteiger partial charge in [0.25, 0.3) is 0 Å². The summed E-state index contributed by atoms with van der Waals surface area (Å²) < 4.78 is 5.42. The van der Waals surface area contributed by atoms with E-state index in [4.69, 9.17) is 11.2 Å². The number of nitrogens with one attached hydrogen (secondary N) is 2. The van der Waals surface area contributed by atoms with Crippen molar-refractivity contribution < 1.29 is 19.1 Å². The molecule has 3 amide bonds. The second-order valence-electron chi connectivity index (χ2n) is 11.3. The fourth-order valence-electron chi connectivity index (χ4n) is 3.60. The summed E-state index contributed by atoms with van der Waals surface area (Å²) in [4.78, 5) is 41.8. The summed E-state index contributed by atoms with van der Waals surface area (Å²) in [5, 5.41) is 5.77. The first-order valence-electron chi connectivity index (χ1n) is 12.2. The number of carbonyl (C=O) groups excluding carboxylic acids is 3. The van der Waals surface area contributed by atoms with E-state index in [-0.39, 0.29) is 23.8 Å². The normalized spacial score (nSPS) is 14.3. The minimum Gasteiger partial charge on any atom is -0.444 e. The molecule has 1 rings (SSSR count). The molecule has 0 saturated carbocycles. The molecular weight excluding hydrogens is 442 g/mol. The summed E-state index contributed by atoms with van der Waals surface area (Å²) in [5.74, 6) is 1.72. The lowest BCUT2D eigenvalue weighted by Gasteiger charge is -2.39. The SMILES string of the molecule is C#Cc1ccc(C(C(=O)NC(C)(C)C)N(C(=O)C(NC(=O)OC(C)(C)C)C(C)CC)C(C)C)cc1. The molecule has 0 fully saturated rings. The Morgan fingerprint density at radius 2 is 1.57 bits per heavy atom. The van der Waals surface area contributed by atoms with Gasteiger partial charge in [-0.1, -0.05) is 38.3 Å². The maximum atomic E-state index is 14.0. The summed E-state index contributed by atoms with van der Waals surface area (Å²) >= 11 is 0. The zero-order valence-corrected chi connectivity index (χ0v) is 23.0. The van der Waals surface area contributed by atoms with Crippen molar-refractivity contribution in [3.8, 4) is 12.3 Å². The lowest BCUT2D eigenvalue weighted by atomic mass is 9.94. The van der Waals surface area contributed by atoms with E-state index in [1.807, 2.05) is 48.5 Å². The van der Waals surface area contributed by atoms with E-state index in [1.165, 1.54) is 0 Å². The van der Waals surface area contributed by atoms with E-state index < -0.39 is 29.3 Å². The van der Waals surface area contributed by atoms with Gasteiger partial charge in [-0.15, -0.1) is 6.42 Å². The van der Waals surface area contributed by atoms with Crippen molar-refractivity contribution in [1.82, 2.24) is 15.5 Å². The zero-order valence-electron chi connectivity index (χ0n) is 23.0. The summed E-state index contributed by atoms with van der Waals surface area (Å²) in [6, 6.07) is 4.92. The Bertz CT molecular complexity index is 917. The minimum absolute atomic E-state index is 0.189. The third-order valence-electron chi connectivity index (χ3n) is 5.38. The monoisotopic (exact) mass is 485 g/mol. The molecule has 0 aromatic heterocycles. The summed E-state index contributed by atoms with van der Waals surface area (Å²) in [6.07, 6.45) is 5.48. The van der Waals surface area contributed by atoms with Gasteiger partial charge < -0.3 is 20.3 Å². The molecule has 1 aromatic rings. The predicted molar refractivity (Wildman–Crippen MR) is 140 cm³/mol. The molecule has 0 aliphatic rings. The molecular formula is C28H43N3O4. The Morgan fingerprint density at radius 3 is 1.97 bits per heavy atom. The van der Waals surface area contributed by atoms with Gasteiger partial charge in [0.05, 0.1) is 0 Å². The second kappa shape index (κ2) is 12.1. The molecule has 7 nitrogen and oxygen atoms in total. The molecule has 3 atom stereocenters. The van der Waals surface area contributed by atoms with Gasteiger partial charge in [-0.25, -0.2) is 4.79 Å². The number of ether oxygens (including phenoxy) is 1. The average Bonchev–Trinajstić information content (AvgIpc) is 2.72. The van der Waals surface area contributed by atoms with Gasteiger partial charge >= 0.3 is 6.09 Å². The Hall–Kier alpha value is -3.01. The molecule has 0 bridgehead atoms. The molecule has 2 N–H and O–H groups in total. The number of hydrogen-bond acceptors (Lipinski definition) is 4. The predicted octanol–water partition coefficient (Wildman–Crippen LogP) is 4.80. The third-order valence-corrected chi connectivity index (χ3v) is 5.38. The molecule has 0 saturated heterocycles. The highest BCUT2D eigenvalue weighted by molar-refractivity contribution is 5.92. The van der Waals surface area contributed by atoms with E-state index in [0.29, 0.717) is 17.5 Å². The summed E-state index contributed by atoms with van der Waals surface area (Å²) in [7, 11) is 0. The Labute approximate surface area is 211 Å². The van der Waals surface area contributed by atoms with Gasteiger partial charge in [0.2, 0.25) is 11.8 Å². The number of carbonyl (C=O) groups is 3. The number of benzene rings is 1. The van der Waals surface area contributed by atoms with E-state index in [9.17, 15) is 14.4 Å². The lowest BCUT2D eigenvalue weighted by molar-refractivity contribution is -0.146. The topological polar surface area (TPSA) is 87.7 Å². The molecule has 7 heteroatoms. The fourth-order valence-corrected chi connectivity index (χ4v) is 3.60. The average molecular weight is 486 g/mol. The maximum Gasteiger partial charge on any atom is 0.408 e. The van der Waals surface area contributed by atoms with Crippen molar-refractivity contribution in [3.05, 3.63) is 35.4 Å². The molecule has 0 radical (unpaired) electrons. The quantitative estimate of drug-likeness (QED) is 0.518.